The van der Waals surface area contributed by atoms with Gasteiger partial charge in [-0.15, -0.1) is 0 Å². The third-order valence-corrected chi connectivity index (χ3v) is 4.69. The first-order valence-corrected chi connectivity index (χ1v) is 9.13. The highest BCUT2D eigenvalue weighted by Gasteiger charge is 2.27. The lowest BCUT2D eigenvalue weighted by atomic mass is 9.81. The van der Waals surface area contributed by atoms with Crippen molar-refractivity contribution in [1.29, 1.82) is 0 Å². The summed E-state index contributed by atoms with van der Waals surface area (Å²) >= 11 is 0. The maximum absolute atomic E-state index is 13.2. The van der Waals surface area contributed by atoms with Crippen LogP contribution in [-0.4, -0.2) is 39.3 Å². The summed E-state index contributed by atoms with van der Waals surface area (Å²) in [6, 6.07) is 7.03. The Bertz CT molecular complexity index is 830. The molecule has 0 saturated carbocycles. The first-order chi connectivity index (χ1) is 13.0. The molecule has 0 aliphatic heterocycles. The van der Waals surface area contributed by atoms with E-state index in [1.807, 2.05) is 13.8 Å². The van der Waals surface area contributed by atoms with Crippen LogP contribution in [0.15, 0.2) is 30.3 Å². The number of aliphatic hydroxyl groups is 1. The van der Waals surface area contributed by atoms with Gasteiger partial charge < -0.3 is 15.7 Å². The molecule has 0 radical (unpaired) electrons. The number of nitrogens with one attached hydrogen (secondary N) is 3. The zero-order valence-corrected chi connectivity index (χ0v) is 16.7. The van der Waals surface area contributed by atoms with E-state index < -0.39 is 29.4 Å². The molecule has 0 aliphatic rings. The Kier molecular flexibility index (Phi) is 6.56. The van der Waals surface area contributed by atoms with E-state index in [1.165, 1.54) is 19.1 Å². The largest absolute Gasteiger partial charge is 0.383 e. The molecule has 2 amide bonds. The molecule has 4 N–H and O–H groups in total. The average molecular weight is 390 g/mol. The second-order valence-corrected chi connectivity index (χ2v) is 7.71. The van der Waals surface area contributed by atoms with Gasteiger partial charge in [0.25, 0.3) is 0 Å². The minimum Gasteiger partial charge on any atom is -0.383 e. The van der Waals surface area contributed by atoms with E-state index in [2.05, 4.69) is 20.8 Å². The molecule has 7 nitrogen and oxygen atoms in total. The summed E-state index contributed by atoms with van der Waals surface area (Å²) in [6.45, 7) is 8.84. The third-order valence-electron chi connectivity index (χ3n) is 4.69. The van der Waals surface area contributed by atoms with Gasteiger partial charge in [-0.25, -0.2) is 4.39 Å². The first kappa shape index (κ1) is 21.6. The number of nitrogens with zero attached hydrogens (tertiary/aromatic N) is 1. The molecule has 152 valence electrons. The topological polar surface area (TPSA) is 107 Å². The van der Waals surface area contributed by atoms with Crippen molar-refractivity contribution >= 4 is 17.6 Å². The average Bonchev–Trinajstić information content (AvgIpc) is 3.10. The van der Waals surface area contributed by atoms with Crippen molar-refractivity contribution in [3.63, 3.8) is 0 Å². The number of halogens is 1. The van der Waals surface area contributed by atoms with Crippen LogP contribution in [0.25, 0.3) is 0 Å². The maximum Gasteiger partial charge on any atom is 0.249 e. The van der Waals surface area contributed by atoms with Gasteiger partial charge in [0, 0.05) is 11.5 Å². The molecule has 0 bridgehead atoms. The predicted octanol–water partition coefficient (Wildman–Crippen LogP) is 2.33. The Morgan fingerprint density at radius 1 is 1.14 bits per heavy atom. The highest BCUT2D eigenvalue weighted by Crippen LogP contribution is 2.31. The van der Waals surface area contributed by atoms with Crippen molar-refractivity contribution in [3.8, 4) is 0 Å². The van der Waals surface area contributed by atoms with Crippen LogP contribution in [0, 0.1) is 11.7 Å². The summed E-state index contributed by atoms with van der Waals surface area (Å²) in [5.74, 6) is -1.23. The van der Waals surface area contributed by atoms with Gasteiger partial charge in [0.05, 0.1) is 5.69 Å². The molecule has 1 heterocycles. The lowest BCUT2D eigenvalue weighted by Crippen LogP contribution is -2.47. The first-order valence-electron chi connectivity index (χ1n) is 9.13. The standard InChI is InChI=1S/C20H27FN4O3/c1-11(2)17(26)19(28)22-12(3)18(27)23-16-10-15(24-25-16)20(4,5)13-6-8-14(21)9-7-13/h6-12,17,26H,1-5H3,(H,22,28)(H2,23,24,25,27). The van der Waals surface area contributed by atoms with Gasteiger partial charge >= 0.3 is 0 Å². The minimum atomic E-state index is -1.18. The molecule has 1 aromatic heterocycles. The molecule has 0 aliphatic carbocycles. The van der Waals surface area contributed by atoms with Crippen molar-refractivity contribution in [1.82, 2.24) is 15.5 Å². The Morgan fingerprint density at radius 2 is 1.75 bits per heavy atom. The smallest absolute Gasteiger partial charge is 0.249 e. The number of carbonyl (C=O) groups is 2. The zero-order chi connectivity index (χ0) is 21.1. The van der Waals surface area contributed by atoms with Gasteiger partial charge in [-0.3, -0.25) is 14.7 Å². The van der Waals surface area contributed by atoms with Crippen LogP contribution in [0.4, 0.5) is 10.2 Å². The minimum absolute atomic E-state index is 0.251. The quantitative estimate of drug-likeness (QED) is 0.582. The Balaban J connectivity index is 2.04. The molecular formula is C20H27FN4O3. The molecule has 0 fully saturated rings. The summed E-state index contributed by atoms with van der Waals surface area (Å²) in [6.07, 6.45) is -1.18. The molecule has 2 rings (SSSR count). The number of hydrogen-bond donors (Lipinski definition) is 4. The zero-order valence-electron chi connectivity index (χ0n) is 16.7. The lowest BCUT2D eigenvalue weighted by molar-refractivity contribution is -0.134. The number of aliphatic hydroxyl groups excluding tert-OH is 1. The fourth-order valence-corrected chi connectivity index (χ4v) is 2.63. The van der Waals surface area contributed by atoms with Crippen LogP contribution in [0.3, 0.4) is 0 Å². The van der Waals surface area contributed by atoms with Crippen LogP contribution in [0.5, 0.6) is 0 Å². The summed E-state index contributed by atoms with van der Waals surface area (Å²) in [5, 5.41) is 21.9. The van der Waals surface area contributed by atoms with Gasteiger partial charge in [0.1, 0.15) is 23.8 Å². The summed E-state index contributed by atoms with van der Waals surface area (Å²) in [5.41, 5.74) is 1.04. The van der Waals surface area contributed by atoms with Crippen molar-refractivity contribution < 1.29 is 19.1 Å². The second-order valence-electron chi connectivity index (χ2n) is 7.71. The summed E-state index contributed by atoms with van der Waals surface area (Å²) < 4.78 is 13.2. The van der Waals surface area contributed by atoms with Crippen LogP contribution < -0.4 is 10.6 Å². The SMILES string of the molecule is CC(NC(=O)C(O)C(C)C)C(=O)Nc1cc(C(C)(C)c2ccc(F)cc2)n[nH]1. The van der Waals surface area contributed by atoms with Gasteiger partial charge in [0.15, 0.2) is 0 Å². The number of H-pyrrole nitrogens is 1. The molecule has 0 saturated heterocycles. The van der Waals surface area contributed by atoms with Crippen LogP contribution in [0.1, 0.15) is 45.9 Å². The highest BCUT2D eigenvalue weighted by atomic mass is 19.1. The monoisotopic (exact) mass is 390 g/mol. The van der Waals surface area contributed by atoms with E-state index >= 15 is 0 Å². The number of aromatic amines is 1. The Labute approximate surface area is 163 Å². The molecule has 2 atom stereocenters. The number of aromatic nitrogens is 2. The van der Waals surface area contributed by atoms with E-state index in [0.29, 0.717) is 11.5 Å². The van der Waals surface area contributed by atoms with E-state index in [1.54, 1.807) is 32.0 Å². The van der Waals surface area contributed by atoms with Crippen LogP contribution in [-0.2, 0) is 15.0 Å². The summed E-state index contributed by atoms with van der Waals surface area (Å²) in [7, 11) is 0. The number of hydrogen-bond acceptors (Lipinski definition) is 4. The third kappa shape index (κ3) is 4.95. The highest BCUT2D eigenvalue weighted by molar-refractivity contribution is 5.96. The van der Waals surface area contributed by atoms with Gasteiger partial charge in [0.2, 0.25) is 11.8 Å². The Morgan fingerprint density at radius 3 is 2.32 bits per heavy atom. The number of carbonyl (C=O) groups excluding carboxylic acids is 2. The van der Waals surface area contributed by atoms with Gasteiger partial charge in [-0.1, -0.05) is 39.8 Å². The lowest BCUT2D eigenvalue weighted by Gasteiger charge is -2.22. The van der Waals surface area contributed by atoms with Crippen molar-refractivity contribution in [2.45, 2.75) is 52.2 Å². The summed E-state index contributed by atoms with van der Waals surface area (Å²) in [4.78, 5) is 24.2. The Hall–Kier alpha value is -2.74. The van der Waals surface area contributed by atoms with Gasteiger partial charge in [-0.05, 0) is 30.5 Å². The molecule has 0 spiro atoms. The van der Waals surface area contributed by atoms with E-state index in [-0.39, 0.29) is 11.7 Å². The molecule has 2 aromatic rings. The molecule has 8 heteroatoms. The van der Waals surface area contributed by atoms with E-state index in [0.717, 1.165) is 5.56 Å². The number of anilines is 1. The second kappa shape index (κ2) is 8.52. The van der Waals surface area contributed by atoms with E-state index in [9.17, 15) is 19.1 Å². The molecule has 28 heavy (non-hydrogen) atoms. The molecular weight excluding hydrogens is 363 g/mol. The van der Waals surface area contributed by atoms with E-state index in [4.69, 9.17) is 0 Å². The molecule has 2 unspecified atom stereocenters. The fraction of sp³-hybridized carbons (Fsp3) is 0.450. The normalized spacial score (nSPS) is 13.9. The maximum atomic E-state index is 13.2. The van der Waals surface area contributed by atoms with Crippen LogP contribution in [0.2, 0.25) is 0 Å². The predicted molar refractivity (Wildman–Crippen MR) is 104 cm³/mol. The van der Waals surface area contributed by atoms with Gasteiger partial charge in [-0.2, -0.15) is 5.10 Å². The van der Waals surface area contributed by atoms with Crippen molar-refractivity contribution in [2.24, 2.45) is 5.92 Å². The van der Waals surface area contributed by atoms with Crippen molar-refractivity contribution in [2.75, 3.05) is 5.32 Å². The van der Waals surface area contributed by atoms with Crippen LogP contribution >= 0.6 is 0 Å². The number of rotatable bonds is 7. The fourth-order valence-electron chi connectivity index (χ4n) is 2.63. The number of benzene rings is 1. The van der Waals surface area contributed by atoms with Crippen molar-refractivity contribution in [3.05, 3.63) is 47.4 Å². The number of amides is 2. The molecule has 1 aromatic carbocycles.